The first kappa shape index (κ1) is 16.4. The number of carbonyl (C=O) groups excluding carboxylic acids is 2. The van der Waals surface area contributed by atoms with Gasteiger partial charge in [0.15, 0.2) is 0 Å². The number of esters is 1. The predicted molar refractivity (Wildman–Crippen MR) is 79.8 cm³/mol. The summed E-state index contributed by atoms with van der Waals surface area (Å²) in [6, 6.07) is 5.94. The maximum Gasteiger partial charge on any atom is 0.338 e. The number of sulfonamides is 1. The summed E-state index contributed by atoms with van der Waals surface area (Å²) in [4.78, 5) is 23.5. The van der Waals surface area contributed by atoms with Crippen molar-refractivity contribution in [2.45, 2.75) is 24.5 Å². The van der Waals surface area contributed by atoms with Crippen molar-refractivity contribution in [3.8, 4) is 0 Å². The second-order valence-corrected chi connectivity index (χ2v) is 7.16. The lowest BCUT2D eigenvalue weighted by Crippen LogP contribution is -2.41. The number of nitrogens with two attached hydrogens (primary N) is 1. The normalized spacial score (nSPS) is 15.9. The molecule has 0 bridgehead atoms. The van der Waals surface area contributed by atoms with Gasteiger partial charge in [0, 0.05) is 12.1 Å². The SMILES string of the molecule is CCOC(=O)c1ccc(C(=O)NCC2(S(N)(=O)=O)CC2)cc1. The van der Waals surface area contributed by atoms with E-state index in [-0.39, 0.29) is 13.2 Å². The predicted octanol–water partition coefficient (Wildman–Crippen LogP) is 0.414. The minimum Gasteiger partial charge on any atom is -0.462 e. The Balaban J connectivity index is 1.98. The van der Waals surface area contributed by atoms with Gasteiger partial charge in [-0.25, -0.2) is 18.4 Å². The van der Waals surface area contributed by atoms with Crippen LogP contribution >= 0.6 is 0 Å². The average molecular weight is 326 g/mol. The summed E-state index contributed by atoms with van der Waals surface area (Å²) >= 11 is 0. The second kappa shape index (κ2) is 6.05. The molecule has 0 unspecified atom stereocenters. The van der Waals surface area contributed by atoms with Crippen LogP contribution in [0.5, 0.6) is 0 Å². The van der Waals surface area contributed by atoms with Gasteiger partial charge in [0.2, 0.25) is 10.0 Å². The highest BCUT2D eigenvalue weighted by atomic mass is 32.2. The van der Waals surface area contributed by atoms with E-state index in [1.54, 1.807) is 6.92 Å². The maximum atomic E-state index is 12.0. The third kappa shape index (κ3) is 3.45. The Bertz CT molecular complexity index is 678. The van der Waals surface area contributed by atoms with E-state index >= 15 is 0 Å². The molecule has 1 aromatic rings. The van der Waals surface area contributed by atoms with Crippen LogP contribution in [0.25, 0.3) is 0 Å². The number of ether oxygens (including phenoxy) is 1. The number of hydrogen-bond donors (Lipinski definition) is 2. The Morgan fingerprint density at radius 2 is 1.77 bits per heavy atom. The standard InChI is InChI=1S/C14H18N2O5S/c1-2-21-13(18)11-5-3-10(4-6-11)12(17)16-9-14(7-8-14)22(15,19)20/h3-6H,2,7-9H2,1H3,(H,16,17)(H2,15,19,20). The van der Waals surface area contributed by atoms with E-state index in [2.05, 4.69) is 5.32 Å². The molecule has 2 rings (SSSR count). The zero-order valence-corrected chi connectivity index (χ0v) is 13.0. The van der Waals surface area contributed by atoms with E-state index < -0.39 is 26.6 Å². The lowest BCUT2D eigenvalue weighted by Gasteiger charge is -2.13. The molecule has 3 N–H and O–H groups in total. The number of primary sulfonamides is 1. The largest absolute Gasteiger partial charge is 0.462 e. The van der Waals surface area contributed by atoms with Crippen molar-refractivity contribution >= 4 is 21.9 Å². The number of benzene rings is 1. The molecular weight excluding hydrogens is 308 g/mol. The van der Waals surface area contributed by atoms with Crippen LogP contribution < -0.4 is 10.5 Å². The van der Waals surface area contributed by atoms with Gasteiger partial charge in [-0.05, 0) is 44.0 Å². The van der Waals surface area contributed by atoms with Crippen LogP contribution in [0.3, 0.4) is 0 Å². The summed E-state index contributed by atoms with van der Waals surface area (Å²) in [6.45, 7) is 1.97. The number of rotatable bonds is 6. The molecule has 1 saturated carbocycles. The molecule has 0 aliphatic heterocycles. The summed E-state index contributed by atoms with van der Waals surface area (Å²) in [5.74, 6) is -0.869. The molecule has 1 aliphatic carbocycles. The first-order chi connectivity index (χ1) is 10.3. The van der Waals surface area contributed by atoms with Gasteiger partial charge in [0.1, 0.15) is 4.75 Å². The molecule has 0 atom stereocenters. The van der Waals surface area contributed by atoms with Crippen molar-refractivity contribution in [1.82, 2.24) is 5.32 Å². The Labute approximate surface area is 128 Å². The molecular formula is C14H18N2O5S. The summed E-state index contributed by atoms with van der Waals surface area (Å²) in [5, 5.41) is 7.72. The van der Waals surface area contributed by atoms with Crippen molar-refractivity contribution in [3.05, 3.63) is 35.4 Å². The van der Waals surface area contributed by atoms with Crippen molar-refractivity contribution in [2.75, 3.05) is 13.2 Å². The number of amides is 1. The van der Waals surface area contributed by atoms with E-state index in [0.29, 0.717) is 24.0 Å². The van der Waals surface area contributed by atoms with E-state index in [0.717, 1.165) is 0 Å². The third-order valence-electron chi connectivity index (χ3n) is 3.64. The van der Waals surface area contributed by atoms with Crippen LogP contribution in [0.15, 0.2) is 24.3 Å². The van der Waals surface area contributed by atoms with Crippen LogP contribution in [0, 0.1) is 0 Å². The van der Waals surface area contributed by atoms with Gasteiger partial charge in [-0.3, -0.25) is 4.79 Å². The number of hydrogen-bond acceptors (Lipinski definition) is 5. The first-order valence-electron chi connectivity index (χ1n) is 6.87. The van der Waals surface area contributed by atoms with Crippen LogP contribution in [0.2, 0.25) is 0 Å². The molecule has 0 radical (unpaired) electrons. The molecule has 0 heterocycles. The van der Waals surface area contributed by atoms with Crippen molar-refractivity contribution < 1.29 is 22.7 Å². The molecule has 7 nitrogen and oxygen atoms in total. The lowest BCUT2D eigenvalue weighted by atomic mass is 10.1. The highest BCUT2D eigenvalue weighted by Gasteiger charge is 2.53. The topological polar surface area (TPSA) is 116 Å². The molecule has 1 aromatic carbocycles. The Morgan fingerprint density at radius 3 is 2.23 bits per heavy atom. The first-order valence-corrected chi connectivity index (χ1v) is 8.41. The van der Waals surface area contributed by atoms with Gasteiger partial charge < -0.3 is 10.1 Å². The van der Waals surface area contributed by atoms with Gasteiger partial charge in [-0.1, -0.05) is 0 Å². The minimum atomic E-state index is -3.67. The second-order valence-electron chi connectivity index (χ2n) is 5.21. The quantitative estimate of drug-likeness (QED) is 0.735. The average Bonchev–Trinajstić information content (AvgIpc) is 3.26. The summed E-state index contributed by atoms with van der Waals surface area (Å²) in [7, 11) is -3.67. The van der Waals surface area contributed by atoms with Gasteiger partial charge in [-0.15, -0.1) is 0 Å². The molecule has 22 heavy (non-hydrogen) atoms. The highest BCUT2D eigenvalue weighted by molar-refractivity contribution is 7.90. The van der Waals surface area contributed by atoms with Crippen LogP contribution in [-0.4, -0.2) is 38.2 Å². The van der Waals surface area contributed by atoms with E-state index in [9.17, 15) is 18.0 Å². The van der Waals surface area contributed by atoms with Crippen LogP contribution in [-0.2, 0) is 14.8 Å². The molecule has 0 saturated heterocycles. The van der Waals surface area contributed by atoms with Crippen molar-refractivity contribution in [2.24, 2.45) is 5.14 Å². The third-order valence-corrected chi connectivity index (χ3v) is 5.40. The molecule has 0 spiro atoms. The molecule has 0 aromatic heterocycles. The van der Waals surface area contributed by atoms with Gasteiger partial charge >= 0.3 is 5.97 Å². The fourth-order valence-corrected chi connectivity index (χ4v) is 2.96. The zero-order valence-electron chi connectivity index (χ0n) is 12.2. The van der Waals surface area contributed by atoms with E-state index in [4.69, 9.17) is 9.88 Å². The minimum absolute atomic E-state index is 0.00963. The van der Waals surface area contributed by atoms with E-state index in [1.807, 2.05) is 0 Å². The lowest BCUT2D eigenvalue weighted by molar-refractivity contribution is 0.0526. The smallest absolute Gasteiger partial charge is 0.338 e. The van der Waals surface area contributed by atoms with E-state index in [1.165, 1.54) is 24.3 Å². The Morgan fingerprint density at radius 1 is 1.23 bits per heavy atom. The van der Waals surface area contributed by atoms with Gasteiger partial charge in [0.05, 0.1) is 12.2 Å². The Hall–Kier alpha value is -1.93. The molecule has 1 aliphatic rings. The Kier molecular flexibility index (Phi) is 4.52. The fourth-order valence-electron chi connectivity index (χ4n) is 2.02. The number of carbonyl (C=O) groups is 2. The molecule has 1 fully saturated rings. The van der Waals surface area contributed by atoms with Crippen molar-refractivity contribution in [3.63, 3.8) is 0 Å². The molecule has 8 heteroatoms. The van der Waals surface area contributed by atoms with Crippen LogP contribution in [0.1, 0.15) is 40.5 Å². The summed E-state index contributed by atoms with van der Waals surface area (Å²) < 4.78 is 26.7. The summed E-state index contributed by atoms with van der Waals surface area (Å²) in [5.41, 5.74) is 0.680. The fraction of sp³-hybridized carbons (Fsp3) is 0.429. The number of nitrogens with one attached hydrogen (secondary N) is 1. The van der Waals surface area contributed by atoms with Crippen LogP contribution in [0.4, 0.5) is 0 Å². The maximum absolute atomic E-state index is 12.0. The highest BCUT2D eigenvalue weighted by Crippen LogP contribution is 2.41. The molecule has 120 valence electrons. The molecule has 1 amide bonds. The van der Waals surface area contributed by atoms with Gasteiger partial charge in [-0.2, -0.15) is 0 Å². The summed E-state index contributed by atoms with van der Waals surface area (Å²) in [6.07, 6.45) is 0.905. The monoisotopic (exact) mass is 326 g/mol. The zero-order chi connectivity index (χ0) is 16.4. The van der Waals surface area contributed by atoms with Crippen molar-refractivity contribution in [1.29, 1.82) is 0 Å². The van der Waals surface area contributed by atoms with Gasteiger partial charge in [0.25, 0.3) is 5.91 Å².